The van der Waals surface area contributed by atoms with Gasteiger partial charge in [-0.3, -0.25) is 0 Å². The van der Waals surface area contributed by atoms with Gasteiger partial charge in [-0.2, -0.15) is 10.2 Å². The average molecular weight is 664 g/mol. The molecule has 218 valence electrons. The summed E-state index contributed by atoms with van der Waals surface area (Å²) in [6, 6.07) is 21.9. The largest absolute Gasteiger partial charge is 1.00 e. The molecule has 0 aliphatic rings. The maximum atomic E-state index is 11.9. The molecule has 0 bridgehead atoms. The van der Waals surface area contributed by atoms with Crippen LogP contribution in [0.1, 0.15) is 0 Å². The van der Waals surface area contributed by atoms with E-state index in [1.54, 1.807) is 48.5 Å². The molecule has 0 saturated heterocycles. The van der Waals surface area contributed by atoms with Gasteiger partial charge >= 0.3 is 59.1 Å². The molecule has 0 aliphatic heterocycles. The molecule has 0 radical (unpaired) electrons. The van der Waals surface area contributed by atoms with E-state index in [2.05, 4.69) is 20.5 Å². The zero-order valence-electron chi connectivity index (χ0n) is 23.7. The van der Waals surface area contributed by atoms with Crippen molar-refractivity contribution in [1.29, 1.82) is 0 Å². The number of phenolic OH excluding ortho intramolecular Hbond substituents is 2. The van der Waals surface area contributed by atoms with Gasteiger partial charge in [0.2, 0.25) is 0 Å². The van der Waals surface area contributed by atoms with Gasteiger partial charge in [-0.1, -0.05) is 24.3 Å². The SMILES string of the molecule is Nc1ccc2c(O)c(N=Nc3ccc(-c4ccc(N=Nc5ccc(O)cc5S(=O)(=O)[O-])cc4)cc3)c(S(=O)(=O)[O-])cc2c1.[Na+].[Na+]. The molecular formula is C28H19N5Na2O8S2. The molecular weight excluding hydrogens is 644 g/mol. The summed E-state index contributed by atoms with van der Waals surface area (Å²) in [7, 11) is -9.89. The number of nitrogens with two attached hydrogens (primary N) is 1. The van der Waals surface area contributed by atoms with Crippen LogP contribution >= 0.6 is 0 Å². The van der Waals surface area contributed by atoms with Crippen molar-refractivity contribution in [2.24, 2.45) is 20.5 Å². The molecule has 0 atom stereocenters. The number of aromatic hydroxyl groups is 2. The molecule has 5 aromatic carbocycles. The number of hydrogen-bond acceptors (Lipinski definition) is 13. The Kier molecular flexibility index (Phi) is 11.7. The maximum absolute atomic E-state index is 11.9. The van der Waals surface area contributed by atoms with Gasteiger partial charge < -0.3 is 25.1 Å². The summed E-state index contributed by atoms with van der Waals surface area (Å²) < 4.78 is 70.0. The molecule has 0 aromatic heterocycles. The normalized spacial score (nSPS) is 11.9. The third-order valence-corrected chi connectivity index (χ3v) is 7.88. The van der Waals surface area contributed by atoms with E-state index in [-0.39, 0.29) is 75.6 Å². The molecule has 5 rings (SSSR count). The van der Waals surface area contributed by atoms with E-state index < -0.39 is 47.2 Å². The first-order valence-corrected chi connectivity index (χ1v) is 15.0. The molecule has 0 unspecified atom stereocenters. The van der Waals surface area contributed by atoms with Crippen molar-refractivity contribution < 1.29 is 95.3 Å². The van der Waals surface area contributed by atoms with E-state index in [1.807, 2.05) is 0 Å². The fraction of sp³-hybridized carbons (Fsp3) is 0. The zero-order chi connectivity index (χ0) is 30.9. The number of rotatable bonds is 7. The first-order valence-electron chi connectivity index (χ1n) is 12.1. The van der Waals surface area contributed by atoms with Gasteiger partial charge in [0.15, 0.2) is 5.75 Å². The number of phenols is 2. The minimum atomic E-state index is -5.01. The molecule has 45 heavy (non-hydrogen) atoms. The molecule has 5 aromatic rings. The van der Waals surface area contributed by atoms with Crippen molar-refractivity contribution in [1.82, 2.24) is 0 Å². The smallest absolute Gasteiger partial charge is 0.744 e. The molecule has 4 N–H and O–H groups in total. The average Bonchev–Trinajstić information content (AvgIpc) is 2.95. The maximum Gasteiger partial charge on any atom is 1.00 e. The Hall–Kier alpha value is -3.22. The van der Waals surface area contributed by atoms with E-state index in [1.165, 1.54) is 24.3 Å². The Balaban J connectivity index is 0.00000276. The van der Waals surface area contributed by atoms with E-state index in [9.17, 15) is 36.2 Å². The minimum absolute atomic E-state index is 0. The Morgan fingerprint density at radius 2 is 1.13 bits per heavy atom. The fourth-order valence-electron chi connectivity index (χ4n) is 4.10. The second-order valence-electron chi connectivity index (χ2n) is 9.11. The summed E-state index contributed by atoms with van der Waals surface area (Å²) in [5, 5.41) is 36.3. The minimum Gasteiger partial charge on any atom is -0.744 e. The second-order valence-corrected chi connectivity index (χ2v) is 11.8. The van der Waals surface area contributed by atoms with Gasteiger partial charge in [0.25, 0.3) is 0 Å². The van der Waals surface area contributed by atoms with Crippen molar-refractivity contribution >= 4 is 59.4 Å². The molecule has 13 nitrogen and oxygen atoms in total. The van der Waals surface area contributed by atoms with Crippen LogP contribution in [-0.2, 0) is 20.2 Å². The summed E-state index contributed by atoms with van der Waals surface area (Å²) >= 11 is 0. The number of benzene rings is 5. The first kappa shape index (κ1) is 36.3. The van der Waals surface area contributed by atoms with E-state index >= 15 is 0 Å². The van der Waals surface area contributed by atoms with Crippen LogP contribution in [0.2, 0.25) is 0 Å². The predicted octanol–water partition coefficient (Wildman–Crippen LogP) is 0.147. The van der Waals surface area contributed by atoms with Crippen LogP contribution in [-0.4, -0.2) is 36.2 Å². The van der Waals surface area contributed by atoms with Gasteiger partial charge in [-0.25, -0.2) is 16.8 Å². The van der Waals surface area contributed by atoms with Crippen molar-refractivity contribution in [2.45, 2.75) is 9.79 Å². The van der Waals surface area contributed by atoms with Gasteiger partial charge in [-0.15, -0.1) is 10.2 Å². The summed E-state index contributed by atoms with van der Waals surface area (Å²) in [6.45, 7) is 0. The molecule has 0 fully saturated rings. The van der Waals surface area contributed by atoms with Crippen LogP contribution in [0, 0.1) is 0 Å². The fourth-order valence-corrected chi connectivity index (χ4v) is 5.38. The molecule has 0 amide bonds. The molecule has 0 spiro atoms. The summed E-state index contributed by atoms with van der Waals surface area (Å²) in [5.74, 6) is -0.927. The third-order valence-electron chi connectivity index (χ3n) is 6.16. The number of fused-ring (bicyclic) bond motifs is 1. The van der Waals surface area contributed by atoms with Gasteiger partial charge in [0.1, 0.15) is 37.4 Å². The topological polar surface area (TPSA) is 230 Å². The predicted molar refractivity (Wildman–Crippen MR) is 154 cm³/mol. The zero-order valence-corrected chi connectivity index (χ0v) is 29.3. The van der Waals surface area contributed by atoms with Crippen LogP contribution in [0.15, 0.2) is 121 Å². The number of hydrogen-bond donors (Lipinski definition) is 3. The molecule has 0 saturated carbocycles. The van der Waals surface area contributed by atoms with Crippen LogP contribution in [0.4, 0.5) is 28.4 Å². The Labute approximate surface area is 301 Å². The molecule has 0 heterocycles. The van der Waals surface area contributed by atoms with Gasteiger partial charge in [0, 0.05) is 11.1 Å². The summed E-state index contributed by atoms with van der Waals surface area (Å²) in [6.07, 6.45) is 0. The quantitative estimate of drug-likeness (QED) is 0.0930. The summed E-state index contributed by atoms with van der Waals surface area (Å²) in [4.78, 5) is -1.44. The Morgan fingerprint density at radius 3 is 1.67 bits per heavy atom. The third kappa shape index (κ3) is 8.53. The van der Waals surface area contributed by atoms with E-state index in [0.29, 0.717) is 17.1 Å². The monoisotopic (exact) mass is 663 g/mol. The summed E-state index contributed by atoms with van der Waals surface area (Å²) in [5.41, 5.74) is 7.52. The van der Waals surface area contributed by atoms with E-state index in [0.717, 1.165) is 29.3 Å². The van der Waals surface area contributed by atoms with Crippen LogP contribution in [0.3, 0.4) is 0 Å². The number of nitrogens with zero attached hydrogens (tertiary/aromatic N) is 4. The Bertz CT molecular complexity index is 2160. The van der Waals surface area contributed by atoms with Crippen LogP contribution in [0.5, 0.6) is 11.5 Å². The van der Waals surface area contributed by atoms with Crippen molar-refractivity contribution in [3.63, 3.8) is 0 Å². The molecule has 0 aliphatic carbocycles. The van der Waals surface area contributed by atoms with Crippen LogP contribution < -0.4 is 64.8 Å². The first-order chi connectivity index (χ1) is 20.3. The standard InChI is InChI=1S/C28H21N5O8S2.2Na/c29-19-5-11-23-18(13-19)14-26(43(39,40)41)27(28(23)35)33-31-21-8-3-17(4-9-21)16-1-6-20(7-2-16)30-32-24-12-10-22(34)15-25(24)42(36,37)38;;/h1-15,34-35H,29H2,(H,36,37,38)(H,39,40,41);;/q;2*+1/p-2. The van der Waals surface area contributed by atoms with Crippen molar-refractivity contribution in [2.75, 3.05) is 5.73 Å². The van der Waals surface area contributed by atoms with Crippen LogP contribution in [0.25, 0.3) is 21.9 Å². The second kappa shape index (κ2) is 14.5. The van der Waals surface area contributed by atoms with Gasteiger partial charge in [-0.05, 0) is 83.2 Å². The van der Waals surface area contributed by atoms with Gasteiger partial charge in [0.05, 0.1) is 21.2 Å². The molecule has 17 heteroatoms. The number of nitrogen functional groups attached to an aromatic ring is 1. The Morgan fingerprint density at radius 1 is 0.600 bits per heavy atom. The number of anilines is 1. The number of azo groups is 2. The van der Waals surface area contributed by atoms with Crippen molar-refractivity contribution in [3.05, 3.63) is 91.0 Å². The van der Waals surface area contributed by atoms with Crippen molar-refractivity contribution in [3.8, 4) is 22.6 Å². The van der Waals surface area contributed by atoms with E-state index in [4.69, 9.17) is 5.73 Å².